The molecule has 3 aromatic carbocycles. The number of halogens is 1. The number of aromatic nitrogens is 3. The Morgan fingerprint density at radius 1 is 0.839 bits per heavy atom. The van der Waals surface area contributed by atoms with Gasteiger partial charge < -0.3 is 4.74 Å². The smallest absolute Gasteiger partial charge is 0.164 e. The van der Waals surface area contributed by atoms with Gasteiger partial charge in [0.05, 0.1) is 11.3 Å². The highest BCUT2D eigenvalue weighted by Crippen LogP contribution is 2.32. The van der Waals surface area contributed by atoms with Gasteiger partial charge in [-0.05, 0) is 42.8 Å². The molecule has 0 spiro atoms. The highest BCUT2D eigenvalue weighted by atomic mass is 79.9. The average Bonchev–Trinajstić information content (AvgIpc) is 3.17. The van der Waals surface area contributed by atoms with Gasteiger partial charge in [0.1, 0.15) is 18.1 Å². The molecule has 0 aliphatic rings. The van der Waals surface area contributed by atoms with Crippen molar-refractivity contribution in [2.75, 3.05) is 0 Å². The summed E-state index contributed by atoms with van der Waals surface area (Å²) in [7, 11) is 0. The monoisotopic (exact) mass is 469 g/mol. The van der Waals surface area contributed by atoms with Gasteiger partial charge >= 0.3 is 0 Å². The number of hydrogen-bond donors (Lipinski definition) is 0. The maximum Gasteiger partial charge on any atom is 0.164 e. The maximum atomic E-state index is 6.07. The molecule has 0 fully saturated rings. The first-order valence-corrected chi connectivity index (χ1v) is 10.9. The third-order valence-electron chi connectivity index (χ3n) is 5.11. The Bertz CT molecular complexity index is 1330. The van der Waals surface area contributed by atoms with E-state index in [1.54, 1.807) is 0 Å². The van der Waals surface area contributed by atoms with Crippen LogP contribution in [0.5, 0.6) is 5.75 Å². The molecular formula is C26H20BrN3O. The van der Waals surface area contributed by atoms with Crippen molar-refractivity contribution in [2.24, 2.45) is 0 Å². The zero-order valence-corrected chi connectivity index (χ0v) is 18.6. The summed E-state index contributed by atoms with van der Waals surface area (Å²) in [5.41, 5.74) is 6.78. The van der Waals surface area contributed by atoms with Crippen LogP contribution in [0.1, 0.15) is 11.4 Å². The number of rotatable bonds is 5. The molecule has 5 aromatic rings. The fourth-order valence-corrected chi connectivity index (χ4v) is 3.94. The van der Waals surface area contributed by atoms with E-state index in [9.17, 15) is 0 Å². The van der Waals surface area contributed by atoms with E-state index < -0.39 is 0 Å². The van der Waals surface area contributed by atoms with Crippen LogP contribution in [0, 0.1) is 6.92 Å². The molecule has 31 heavy (non-hydrogen) atoms. The first kappa shape index (κ1) is 19.5. The minimum Gasteiger partial charge on any atom is -0.487 e. The number of hydrogen-bond acceptors (Lipinski definition) is 3. The van der Waals surface area contributed by atoms with Crippen molar-refractivity contribution < 1.29 is 4.74 Å². The molecule has 0 radical (unpaired) electrons. The lowest BCUT2D eigenvalue weighted by atomic mass is 10.1. The van der Waals surface area contributed by atoms with Crippen LogP contribution >= 0.6 is 15.9 Å². The van der Waals surface area contributed by atoms with Crippen LogP contribution in [0.25, 0.3) is 28.0 Å². The molecule has 152 valence electrons. The largest absolute Gasteiger partial charge is 0.487 e. The van der Waals surface area contributed by atoms with Gasteiger partial charge in [-0.2, -0.15) is 5.10 Å². The molecule has 0 amide bonds. The van der Waals surface area contributed by atoms with Crippen LogP contribution in [0.4, 0.5) is 0 Å². The molecule has 5 heteroatoms. The van der Waals surface area contributed by atoms with Gasteiger partial charge in [-0.25, -0.2) is 9.50 Å². The normalized spacial score (nSPS) is 11.0. The average molecular weight is 470 g/mol. The summed E-state index contributed by atoms with van der Waals surface area (Å²) in [4.78, 5) is 4.87. The highest BCUT2D eigenvalue weighted by Gasteiger charge is 2.19. The van der Waals surface area contributed by atoms with Gasteiger partial charge in [0.25, 0.3) is 0 Å². The second-order valence-corrected chi connectivity index (χ2v) is 8.23. The predicted molar refractivity (Wildman–Crippen MR) is 127 cm³/mol. The SMILES string of the molecule is Cc1cc(-c2ccc(Br)cc2)n2nc(COc3ccccc3)c(-c3ccccc3)c2n1. The topological polar surface area (TPSA) is 39.4 Å². The zero-order chi connectivity index (χ0) is 21.2. The summed E-state index contributed by atoms with van der Waals surface area (Å²) >= 11 is 3.52. The van der Waals surface area contributed by atoms with Crippen LogP contribution < -0.4 is 4.74 Å². The van der Waals surface area contributed by atoms with E-state index in [0.717, 1.165) is 49.6 Å². The van der Waals surface area contributed by atoms with Crippen LogP contribution in [0.15, 0.2) is 95.5 Å². The summed E-state index contributed by atoms with van der Waals surface area (Å²) in [5, 5.41) is 4.96. The van der Waals surface area contributed by atoms with Crippen LogP contribution in [-0.2, 0) is 6.61 Å². The standard InChI is InChI=1S/C26H20BrN3O/c1-18-16-24(19-12-14-21(27)15-13-19)30-26(28-18)25(20-8-4-2-5-9-20)23(29-30)17-31-22-10-6-3-7-11-22/h2-16H,17H2,1H3. The second-order valence-electron chi connectivity index (χ2n) is 7.31. The summed E-state index contributed by atoms with van der Waals surface area (Å²) < 4.78 is 9.04. The lowest BCUT2D eigenvalue weighted by Gasteiger charge is -2.08. The Hall–Kier alpha value is -3.44. The van der Waals surface area contributed by atoms with Crippen molar-refractivity contribution >= 4 is 21.6 Å². The van der Waals surface area contributed by atoms with E-state index in [1.807, 2.05) is 72.1 Å². The summed E-state index contributed by atoms with van der Waals surface area (Å²) in [6.07, 6.45) is 0. The fraction of sp³-hybridized carbons (Fsp3) is 0.0769. The second kappa shape index (κ2) is 8.36. The lowest BCUT2D eigenvalue weighted by Crippen LogP contribution is -2.00. The van der Waals surface area contributed by atoms with Gasteiger partial charge in [-0.1, -0.05) is 76.6 Å². The van der Waals surface area contributed by atoms with Crippen molar-refractivity contribution in [2.45, 2.75) is 13.5 Å². The Kier molecular flexibility index (Phi) is 5.26. The Morgan fingerprint density at radius 3 is 2.23 bits per heavy atom. The molecule has 0 aliphatic heterocycles. The maximum absolute atomic E-state index is 6.07. The van der Waals surface area contributed by atoms with E-state index in [-0.39, 0.29) is 0 Å². The Morgan fingerprint density at radius 2 is 1.52 bits per heavy atom. The third-order valence-corrected chi connectivity index (χ3v) is 5.64. The third kappa shape index (κ3) is 3.97. The zero-order valence-electron chi connectivity index (χ0n) is 17.0. The molecule has 0 saturated carbocycles. The van der Waals surface area contributed by atoms with Gasteiger partial charge in [0, 0.05) is 15.7 Å². The highest BCUT2D eigenvalue weighted by molar-refractivity contribution is 9.10. The summed E-state index contributed by atoms with van der Waals surface area (Å²) in [6.45, 7) is 2.38. The van der Waals surface area contributed by atoms with E-state index in [4.69, 9.17) is 14.8 Å². The molecule has 0 bridgehead atoms. The van der Waals surface area contributed by atoms with Crippen LogP contribution in [0.3, 0.4) is 0 Å². The van der Waals surface area contributed by atoms with E-state index >= 15 is 0 Å². The molecular weight excluding hydrogens is 450 g/mol. The van der Waals surface area contributed by atoms with E-state index in [0.29, 0.717) is 6.61 Å². The fourth-order valence-electron chi connectivity index (χ4n) is 3.68. The Labute approximate surface area is 189 Å². The quantitative estimate of drug-likeness (QED) is 0.287. The van der Waals surface area contributed by atoms with Crippen molar-refractivity contribution in [3.05, 3.63) is 107 Å². The number of aryl methyl sites for hydroxylation is 1. The molecule has 0 saturated heterocycles. The van der Waals surface area contributed by atoms with E-state index in [2.05, 4.69) is 46.3 Å². The number of ether oxygens (including phenoxy) is 1. The molecule has 0 atom stereocenters. The molecule has 5 rings (SSSR count). The van der Waals surface area contributed by atoms with Crippen molar-refractivity contribution in [1.82, 2.24) is 14.6 Å². The Balaban J connectivity index is 1.69. The van der Waals surface area contributed by atoms with Gasteiger partial charge in [-0.15, -0.1) is 0 Å². The van der Waals surface area contributed by atoms with Crippen molar-refractivity contribution in [3.8, 4) is 28.1 Å². The number of para-hydroxylation sites is 1. The number of nitrogens with zero attached hydrogens (tertiary/aromatic N) is 3. The van der Waals surface area contributed by atoms with Crippen LogP contribution in [-0.4, -0.2) is 14.6 Å². The molecule has 0 aliphatic carbocycles. The molecule has 0 N–H and O–H groups in total. The van der Waals surface area contributed by atoms with Crippen molar-refractivity contribution in [3.63, 3.8) is 0 Å². The van der Waals surface area contributed by atoms with Crippen molar-refractivity contribution in [1.29, 1.82) is 0 Å². The molecule has 2 aromatic heterocycles. The van der Waals surface area contributed by atoms with Crippen LogP contribution in [0.2, 0.25) is 0 Å². The first-order valence-electron chi connectivity index (χ1n) is 10.1. The minimum absolute atomic E-state index is 0.358. The molecule has 2 heterocycles. The first-order chi connectivity index (χ1) is 15.2. The van der Waals surface area contributed by atoms with E-state index in [1.165, 1.54) is 0 Å². The summed E-state index contributed by atoms with van der Waals surface area (Å²) in [5.74, 6) is 0.816. The predicted octanol–water partition coefficient (Wildman–Crippen LogP) is 6.71. The molecule has 0 unspecified atom stereocenters. The number of benzene rings is 3. The number of fused-ring (bicyclic) bond motifs is 1. The summed E-state index contributed by atoms with van der Waals surface area (Å²) in [6, 6.07) is 30.4. The van der Waals surface area contributed by atoms with Gasteiger partial charge in [0.2, 0.25) is 0 Å². The molecule has 4 nitrogen and oxygen atoms in total. The van der Waals surface area contributed by atoms with Gasteiger partial charge in [-0.3, -0.25) is 0 Å². The minimum atomic E-state index is 0.358. The van der Waals surface area contributed by atoms with Gasteiger partial charge in [0.15, 0.2) is 5.65 Å². The lowest BCUT2D eigenvalue weighted by molar-refractivity contribution is 0.301.